The number of anilines is 1. The summed E-state index contributed by atoms with van der Waals surface area (Å²) >= 11 is 0. The molecule has 0 atom stereocenters. The third-order valence-corrected chi connectivity index (χ3v) is 5.39. The Morgan fingerprint density at radius 2 is 1.75 bits per heavy atom. The maximum Gasteiger partial charge on any atom is 0.250 e. The Bertz CT molecular complexity index is 1450. The predicted molar refractivity (Wildman–Crippen MR) is 138 cm³/mol. The standard InChI is InChI=1S/C28H24N4O4/c1-4-25(33)32-20-11-8-18(9-12-20)21-15-30-16-22(28(29)34)27(21)19-10-13-23(24(14-19)35-3)36-26-7-5-6-17(2)31-26/h4-16H,1H2,2-3H3,(H2,29,34)(H,32,33). The van der Waals surface area contributed by atoms with Crippen LogP contribution in [0.25, 0.3) is 22.3 Å². The number of nitrogens with one attached hydrogen (secondary N) is 1. The molecule has 2 heterocycles. The topological polar surface area (TPSA) is 116 Å². The number of aryl methyl sites for hydroxylation is 1. The number of amides is 2. The molecule has 0 spiro atoms. The van der Waals surface area contributed by atoms with Crippen molar-refractivity contribution in [2.75, 3.05) is 12.4 Å². The van der Waals surface area contributed by atoms with Crippen molar-refractivity contribution in [2.45, 2.75) is 6.92 Å². The van der Waals surface area contributed by atoms with Gasteiger partial charge in [0.1, 0.15) is 0 Å². The molecule has 4 aromatic rings. The minimum absolute atomic E-state index is 0.257. The second kappa shape index (κ2) is 10.5. The fourth-order valence-corrected chi connectivity index (χ4v) is 3.70. The van der Waals surface area contributed by atoms with Gasteiger partial charge < -0.3 is 20.5 Å². The number of nitrogens with zero attached hydrogens (tertiary/aromatic N) is 2. The van der Waals surface area contributed by atoms with Gasteiger partial charge in [0.2, 0.25) is 11.8 Å². The Morgan fingerprint density at radius 1 is 1.00 bits per heavy atom. The number of hydrogen-bond acceptors (Lipinski definition) is 6. The van der Waals surface area contributed by atoms with E-state index >= 15 is 0 Å². The largest absolute Gasteiger partial charge is 0.493 e. The SMILES string of the molecule is C=CC(=O)Nc1ccc(-c2cncc(C(N)=O)c2-c2ccc(Oc3cccc(C)n3)c(OC)c2)cc1. The number of carbonyl (C=O) groups excluding carboxylic acids is 2. The van der Waals surface area contributed by atoms with E-state index in [0.29, 0.717) is 39.8 Å². The van der Waals surface area contributed by atoms with Crippen molar-refractivity contribution in [1.29, 1.82) is 0 Å². The van der Waals surface area contributed by atoms with Crippen molar-refractivity contribution in [2.24, 2.45) is 5.73 Å². The van der Waals surface area contributed by atoms with E-state index in [9.17, 15) is 9.59 Å². The lowest BCUT2D eigenvalue weighted by atomic mass is 9.92. The number of primary amides is 1. The first kappa shape index (κ1) is 24.2. The molecule has 0 aliphatic carbocycles. The fourth-order valence-electron chi connectivity index (χ4n) is 3.70. The van der Waals surface area contributed by atoms with Crippen LogP contribution in [-0.4, -0.2) is 28.9 Å². The van der Waals surface area contributed by atoms with Gasteiger partial charge in [0.15, 0.2) is 11.5 Å². The molecular formula is C28H24N4O4. The monoisotopic (exact) mass is 480 g/mol. The summed E-state index contributed by atoms with van der Waals surface area (Å²) in [4.78, 5) is 32.5. The molecule has 0 unspecified atom stereocenters. The summed E-state index contributed by atoms with van der Waals surface area (Å²) in [5, 5.41) is 2.71. The third-order valence-electron chi connectivity index (χ3n) is 5.39. The van der Waals surface area contributed by atoms with Crippen LogP contribution < -0.4 is 20.5 Å². The second-order valence-electron chi connectivity index (χ2n) is 7.83. The molecule has 0 radical (unpaired) electrons. The number of nitrogens with two attached hydrogens (primary N) is 1. The molecule has 3 N–H and O–H groups in total. The van der Waals surface area contributed by atoms with Gasteiger partial charge in [0, 0.05) is 41.0 Å². The van der Waals surface area contributed by atoms with Crippen LogP contribution in [-0.2, 0) is 4.79 Å². The highest BCUT2D eigenvalue weighted by Gasteiger charge is 2.19. The number of hydrogen-bond donors (Lipinski definition) is 2. The molecular weight excluding hydrogens is 456 g/mol. The van der Waals surface area contributed by atoms with Gasteiger partial charge in [-0.2, -0.15) is 0 Å². The van der Waals surface area contributed by atoms with Gasteiger partial charge in [-0.15, -0.1) is 0 Å². The molecule has 2 aromatic carbocycles. The maximum absolute atomic E-state index is 12.3. The molecule has 0 saturated heterocycles. The first-order chi connectivity index (χ1) is 17.4. The van der Waals surface area contributed by atoms with Gasteiger partial charge in [-0.25, -0.2) is 4.98 Å². The summed E-state index contributed by atoms with van der Waals surface area (Å²) < 4.78 is 11.5. The van der Waals surface area contributed by atoms with Gasteiger partial charge in [-0.1, -0.05) is 30.8 Å². The molecule has 0 aliphatic rings. The highest BCUT2D eigenvalue weighted by atomic mass is 16.5. The van der Waals surface area contributed by atoms with Crippen LogP contribution in [0.5, 0.6) is 17.4 Å². The van der Waals surface area contributed by atoms with E-state index in [2.05, 4.69) is 21.9 Å². The lowest BCUT2D eigenvalue weighted by Gasteiger charge is -2.16. The Labute approximate surface area is 208 Å². The average molecular weight is 481 g/mol. The number of carbonyl (C=O) groups is 2. The highest BCUT2D eigenvalue weighted by Crippen LogP contribution is 2.40. The minimum atomic E-state index is -0.613. The van der Waals surface area contributed by atoms with Gasteiger partial charge in [-0.05, 0) is 54.5 Å². The van der Waals surface area contributed by atoms with Crippen LogP contribution >= 0.6 is 0 Å². The van der Waals surface area contributed by atoms with Crippen molar-refractivity contribution in [3.05, 3.63) is 97.0 Å². The Hall–Kier alpha value is -4.98. The number of pyridine rings is 2. The number of methoxy groups -OCH3 is 1. The van der Waals surface area contributed by atoms with E-state index in [4.69, 9.17) is 15.2 Å². The summed E-state index contributed by atoms with van der Waals surface area (Å²) in [5.41, 5.74) is 10.1. The van der Waals surface area contributed by atoms with Gasteiger partial charge in [0.25, 0.3) is 5.91 Å². The first-order valence-electron chi connectivity index (χ1n) is 11.0. The number of benzene rings is 2. The van der Waals surface area contributed by atoms with Crippen LogP contribution in [0.3, 0.4) is 0 Å². The van der Waals surface area contributed by atoms with Crippen LogP contribution in [0, 0.1) is 6.92 Å². The number of aromatic nitrogens is 2. The molecule has 8 nitrogen and oxygen atoms in total. The molecule has 0 bridgehead atoms. The van der Waals surface area contributed by atoms with Gasteiger partial charge >= 0.3 is 0 Å². The Kier molecular flexibility index (Phi) is 7.06. The van der Waals surface area contributed by atoms with E-state index < -0.39 is 5.91 Å². The summed E-state index contributed by atoms with van der Waals surface area (Å²) in [6.45, 7) is 5.33. The Morgan fingerprint density at radius 3 is 2.42 bits per heavy atom. The molecule has 8 heteroatoms. The molecule has 4 rings (SSSR count). The molecule has 2 amide bonds. The van der Waals surface area contributed by atoms with Gasteiger partial charge in [-0.3, -0.25) is 14.6 Å². The molecule has 0 aliphatic heterocycles. The van der Waals surface area contributed by atoms with Crippen molar-refractivity contribution in [3.63, 3.8) is 0 Å². The number of rotatable bonds is 8. The lowest BCUT2D eigenvalue weighted by Crippen LogP contribution is -2.13. The zero-order valence-corrected chi connectivity index (χ0v) is 19.8. The van der Waals surface area contributed by atoms with Crippen LogP contribution in [0.15, 0.2) is 85.7 Å². The van der Waals surface area contributed by atoms with E-state index in [0.717, 1.165) is 11.3 Å². The summed E-state index contributed by atoms with van der Waals surface area (Å²) in [5.74, 6) is 0.440. The summed E-state index contributed by atoms with van der Waals surface area (Å²) in [7, 11) is 1.54. The molecule has 2 aromatic heterocycles. The summed E-state index contributed by atoms with van der Waals surface area (Å²) in [6.07, 6.45) is 4.29. The zero-order chi connectivity index (χ0) is 25.7. The van der Waals surface area contributed by atoms with E-state index in [1.807, 2.05) is 37.3 Å². The predicted octanol–water partition coefficient (Wildman–Crippen LogP) is 5.14. The Balaban J connectivity index is 1.78. The maximum atomic E-state index is 12.3. The summed E-state index contributed by atoms with van der Waals surface area (Å²) in [6, 6.07) is 18.0. The van der Waals surface area contributed by atoms with Crippen molar-refractivity contribution < 1.29 is 19.1 Å². The number of ether oxygens (including phenoxy) is 2. The smallest absolute Gasteiger partial charge is 0.250 e. The van der Waals surface area contributed by atoms with Crippen molar-refractivity contribution in [3.8, 4) is 39.6 Å². The van der Waals surface area contributed by atoms with E-state index in [1.165, 1.54) is 19.4 Å². The van der Waals surface area contributed by atoms with E-state index in [1.54, 1.807) is 36.5 Å². The minimum Gasteiger partial charge on any atom is -0.493 e. The average Bonchev–Trinajstić information content (AvgIpc) is 2.89. The quantitative estimate of drug-likeness (QED) is 0.337. The highest BCUT2D eigenvalue weighted by molar-refractivity contribution is 6.04. The van der Waals surface area contributed by atoms with Crippen molar-refractivity contribution >= 4 is 17.5 Å². The molecule has 0 fully saturated rings. The second-order valence-corrected chi connectivity index (χ2v) is 7.83. The van der Waals surface area contributed by atoms with Gasteiger partial charge in [0.05, 0.1) is 12.7 Å². The fraction of sp³-hybridized carbons (Fsp3) is 0.0714. The van der Waals surface area contributed by atoms with Crippen LogP contribution in [0.2, 0.25) is 0 Å². The molecule has 180 valence electrons. The zero-order valence-electron chi connectivity index (χ0n) is 19.8. The lowest BCUT2D eigenvalue weighted by molar-refractivity contribution is -0.111. The third kappa shape index (κ3) is 5.23. The van der Waals surface area contributed by atoms with Crippen LogP contribution in [0.4, 0.5) is 5.69 Å². The molecule has 0 saturated carbocycles. The normalized spacial score (nSPS) is 10.4. The van der Waals surface area contributed by atoms with Crippen LogP contribution in [0.1, 0.15) is 16.1 Å². The molecule has 36 heavy (non-hydrogen) atoms. The van der Waals surface area contributed by atoms with E-state index in [-0.39, 0.29) is 11.5 Å². The van der Waals surface area contributed by atoms with Crippen molar-refractivity contribution in [1.82, 2.24) is 9.97 Å². The first-order valence-corrected chi connectivity index (χ1v) is 11.0.